The van der Waals surface area contributed by atoms with Crippen molar-refractivity contribution in [2.45, 2.75) is 50.6 Å². The summed E-state index contributed by atoms with van der Waals surface area (Å²) in [5, 5.41) is 41.7. The molecule has 0 unspecified atom stereocenters. The van der Waals surface area contributed by atoms with Crippen LogP contribution in [0, 0.1) is 0 Å². The SMILES string of the molecule is NCCCC[C@H](NC(=O)CN(CCN(CC(=O)O)CC(=O)N[C@@H](CCCCN)C(=O)O)CC(=O)O)C(=O)O. The highest BCUT2D eigenvalue weighted by Gasteiger charge is 2.24. The highest BCUT2D eigenvalue weighted by atomic mass is 16.4. The van der Waals surface area contributed by atoms with Gasteiger partial charge in [-0.3, -0.25) is 29.0 Å². The predicted octanol–water partition coefficient (Wildman–Crippen LogP) is -2.84. The van der Waals surface area contributed by atoms with E-state index in [4.69, 9.17) is 11.5 Å². The van der Waals surface area contributed by atoms with Crippen molar-refractivity contribution >= 4 is 35.7 Å². The fourth-order valence-corrected chi connectivity index (χ4v) is 3.48. The monoisotopic (exact) mass is 548 g/mol. The van der Waals surface area contributed by atoms with Gasteiger partial charge in [-0.25, -0.2) is 9.59 Å². The van der Waals surface area contributed by atoms with Crippen LogP contribution in [0.15, 0.2) is 0 Å². The predicted molar refractivity (Wildman–Crippen MR) is 133 cm³/mol. The van der Waals surface area contributed by atoms with Gasteiger partial charge in [-0.1, -0.05) is 0 Å². The third-order valence-electron chi connectivity index (χ3n) is 5.35. The van der Waals surface area contributed by atoms with Crippen LogP contribution in [-0.2, 0) is 28.8 Å². The van der Waals surface area contributed by atoms with Crippen LogP contribution < -0.4 is 22.1 Å². The molecule has 0 aromatic heterocycles. The first-order valence-electron chi connectivity index (χ1n) is 12.2. The minimum atomic E-state index is -1.28. The Morgan fingerprint density at radius 3 is 1.18 bits per heavy atom. The van der Waals surface area contributed by atoms with E-state index in [0.29, 0.717) is 38.8 Å². The summed E-state index contributed by atoms with van der Waals surface area (Å²) >= 11 is 0. The van der Waals surface area contributed by atoms with E-state index >= 15 is 0 Å². The molecule has 38 heavy (non-hydrogen) atoms. The number of carboxylic acids is 4. The summed E-state index contributed by atoms with van der Waals surface area (Å²) in [5.74, 6) is -6.53. The molecule has 0 aromatic rings. The summed E-state index contributed by atoms with van der Waals surface area (Å²) in [4.78, 5) is 72.5. The highest BCUT2D eigenvalue weighted by molar-refractivity contribution is 5.85. The van der Waals surface area contributed by atoms with Gasteiger partial charge in [0.25, 0.3) is 0 Å². The van der Waals surface area contributed by atoms with Gasteiger partial charge < -0.3 is 42.5 Å². The Labute approximate surface area is 220 Å². The van der Waals surface area contributed by atoms with Crippen LogP contribution in [0.1, 0.15) is 38.5 Å². The summed E-state index contributed by atoms with van der Waals surface area (Å²) in [6, 6.07) is -2.36. The van der Waals surface area contributed by atoms with Gasteiger partial charge in [0.15, 0.2) is 0 Å². The number of carbonyl (C=O) groups excluding carboxylic acids is 2. The molecule has 0 aliphatic heterocycles. The van der Waals surface area contributed by atoms with Crippen LogP contribution in [0.5, 0.6) is 0 Å². The summed E-state index contributed by atoms with van der Waals surface area (Å²) in [6.45, 7) is -1.74. The van der Waals surface area contributed by atoms with Crippen molar-refractivity contribution < 1.29 is 49.2 Å². The zero-order valence-electron chi connectivity index (χ0n) is 21.3. The maximum atomic E-state index is 12.4. The van der Waals surface area contributed by atoms with Gasteiger partial charge in [0.1, 0.15) is 12.1 Å². The van der Waals surface area contributed by atoms with Crippen LogP contribution in [-0.4, -0.2) is 130 Å². The number of carbonyl (C=O) groups is 6. The molecule has 0 aromatic carbocycles. The summed E-state index contributed by atoms with van der Waals surface area (Å²) in [7, 11) is 0. The molecular weight excluding hydrogens is 508 g/mol. The molecule has 0 bridgehead atoms. The molecule has 2 amide bonds. The van der Waals surface area contributed by atoms with Crippen molar-refractivity contribution in [3.8, 4) is 0 Å². The highest BCUT2D eigenvalue weighted by Crippen LogP contribution is 2.03. The Hall–Kier alpha value is -3.34. The first-order valence-corrected chi connectivity index (χ1v) is 12.2. The molecule has 0 saturated heterocycles. The minimum Gasteiger partial charge on any atom is -0.480 e. The van der Waals surface area contributed by atoms with E-state index in [1.54, 1.807) is 0 Å². The molecule has 0 spiro atoms. The molecule has 0 rings (SSSR count). The lowest BCUT2D eigenvalue weighted by Crippen LogP contribution is -2.50. The zero-order valence-corrected chi connectivity index (χ0v) is 21.3. The Morgan fingerprint density at radius 1 is 0.579 bits per heavy atom. The van der Waals surface area contributed by atoms with Crippen LogP contribution in [0.4, 0.5) is 0 Å². The van der Waals surface area contributed by atoms with Gasteiger partial charge in [0.05, 0.1) is 26.2 Å². The smallest absolute Gasteiger partial charge is 0.326 e. The number of nitrogens with one attached hydrogen (secondary N) is 2. The quantitative estimate of drug-likeness (QED) is 0.0598. The number of hydrogen-bond acceptors (Lipinski definition) is 10. The Morgan fingerprint density at radius 2 is 0.921 bits per heavy atom. The van der Waals surface area contributed by atoms with Crippen LogP contribution in [0.3, 0.4) is 0 Å². The van der Waals surface area contributed by atoms with E-state index in [9.17, 15) is 49.2 Å². The first kappa shape index (κ1) is 34.7. The minimum absolute atomic E-state index is 0.141. The Kier molecular flexibility index (Phi) is 18.0. The number of amides is 2. The molecule has 10 N–H and O–H groups in total. The molecule has 2 atom stereocenters. The molecule has 0 aliphatic rings. The van der Waals surface area contributed by atoms with Crippen molar-refractivity contribution in [3.05, 3.63) is 0 Å². The molecule has 0 aliphatic carbocycles. The van der Waals surface area contributed by atoms with Gasteiger partial charge in [0.2, 0.25) is 11.8 Å². The summed E-state index contributed by atoms with van der Waals surface area (Å²) in [5.41, 5.74) is 10.8. The standard InChI is InChI=1S/C22H40N6O10/c23-7-3-1-5-15(21(35)36)25-17(29)11-27(13-19(31)32)9-10-28(14-20(33)34)12-18(30)26-16(22(37)38)6-2-4-8-24/h15-16H,1-14,23-24H2,(H,25,29)(H,26,30)(H,31,32)(H,33,34)(H,35,36)(H,37,38)/t15-,16-/m0/s1. The second kappa shape index (κ2) is 19.7. The third-order valence-corrected chi connectivity index (χ3v) is 5.35. The van der Waals surface area contributed by atoms with Crippen LogP contribution in [0.25, 0.3) is 0 Å². The van der Waals surface area contributed by atoms with E-state index in [2.05, 4.69) is 10.6 Å². The summed E-state index contributed by atoms with van der Waals surface area (Å²) < 4.78 is 0. The molecule has 0 fully saturated rings. The summed E-state index contributed by atoms with van der Waals surface area (Å²) in [6.07, 6.45) is 2.35. The topological polar surface area (TPSA) is 266 Å². The second-order valence-corrected chi connectivity index (χ2v) is 8.69. The number of carboxylic acid groups (broad SMARTS) is 4. The molecule has 16 heteroatoms. The zero-order chi connectivity index (χ0) is 29.1. The molecule has 218 valence electrons. The fraction of sp³-hybridized carbons (Fsp3) is 0.727. The number of unbranched alkanes of at least 4 members (excludes halogenated alkanes) is 2. The van der Waals surface area contributed by atoms with Crippen molar-refractivity contribution in [1.29, 1.82) is 0 Å². The number of aliphatic carboxylic acids is 4. The van der Waals surface area contributed by atoms with Crippen molar-refractivity contribution in [2.24, 2.45) is 11.5 Å². The lowest BCUT2D eigenvalue weighted by atomic mass is 10.1. The Bertz CT molecular complexity index is 733. The van der Waals surface area contributed by atoms with E-state index in [-0.39, 0.29) is 25.9 Å². The average Bonchev–Trinajstić information content (AvgIpc) is 2.80. The largest absolute Gasteiger partial charge is 0.480 e. The van der Waals surface area contributed by atoms with Crippen molar-refractivity contribution in [3.63, 3.8) is 0 Å². The normalized spacial score (nSPS) is 12.6. The van der Waals surface area contributed by atoms with E-state index < -0.39 is 74.0 Å². The van der Waals surface area contributed by atoms with E-state index in [0.717, 1.165) is 9.80 Å². The molecule has 0 heterocycles. The van der Waals surface area contributed by atoms with Crippen LogP contribution in [0.2, 0.25) is 0 Å². The number of hydrogen-bond donors (Lipinski definition) is 8. The number of rotatable bonds is 23. The van der Waals surface area contributed by atoms with E-state index in [1.807, 2.05) is 0 Å². The van der Waals surface area contributed by atoms with E-state index in [1.165, 1.54) is 0 Å². The average molecular weight is 549 g/mol. The molecular formula is C22H40N6O10. The van der Waals surface area contributed by atoms with Crippen molar-refractivity contribution in [2.75, 3.05) is 52.4 Å². The third kappa shape index (κ3) is 17.2. The van der Waals surface area contributed by atoms with Crippen molar-refractivity contribution in [1.82, 2.24) is 20.4 Å². The van der Waals surface area contributed by atoms with Gasteiger partial charge in [-0.2, -0.15) is 0 Å². The molecule has 16 nitrogen and oxygen atoms in total. The van der Waals surface area contributed by atoms with Gasteiger partial charge in [-0.05, 0) is 51.6 Å². The van der Waals surface area contributed by atoms with Gasteiger partial charge >= 0.3 is 23.9 Å². The lowest BCUT2D eigenvalue weighted by Gasteiger charge is -2.26. The second-order valence-electron chi connectivity index (χ2n) is 8.69. The Balaban J connectivity index is 5.17. The number of nitrogens with zero attached hydrogens (tertiary/aromatic N) is 2. The maximum Gasteiger partial charge on any atom is 0.326 e. The molecule has 0 saturated carbocycles. The number of nitrogens with two attached hydrogens (primary N) is 2. The van der Waals surface area contributed by atoms with Gasteiger partial charge in [-0.15, -0.1) is 0 Å². The van der Waals surface area contributed by atoms with Crippen LogP contribution >= 0.6 is 0 Å². The van der Waals surface area contributed by atoms with Gasteiger partial charge in [0, 0.05) is 13.1 Å². The lowest BCUT2D eigenvalue weighted by molar-refractivity contribution is -0.143. The first-order chi connectivity index (χ1) is 17.9. The molecule has 0 radical (unpaired) electrons. The maximum absolute atomic E-state index is 12.4. The fourth-order valence-electron chi connectivity index (χ4n) is 3.48.